The van der Waals surface area contributed by atoms with E-state index in [1.807, 2.05) is 47.3 Å². The van der Waals surface area contributed by atoms with Gasteiger partial charge in [-0.25, -0.2) is 13.1 Å². The average Bonchev–Trinajstić information content (AvgIpc) is 3.27. The molecule has 0 fully saturated rings. The molecule has 0 radical (unpaired) electrons. The molecule has 0 unspecified atom stereocenters. The molecule has 0 aliphatic rings. The highest BCUT2D eigenvalue weighted by atomic mass is 32.2. The van der Waals surface area contributed by atoms with E-state index in [0.717, 1.165) is 11.3 Å². The van der Waals surface area contributed by atoms with Crippen LogP contribution in [-0.4, -0.2) is 37.1 Å². The summed E-state index contributed by atoms with van der Waals surface area (Å²) in [5.41, 5.74) is 1.96. The van der Waals surface area contributed by atoms with Crippen LogP contribution in [0.3, 0.4) is 0 Å². The monoisotopic (exact) mass is 377 g/mol. The number of nitrogens with zero attached hydrogens (tertiary/aromatic N) is 2. The van der Waals surface area contributed by atoms with Gasteiger partial charge >= 0.3 is 0 Å². The molecule has 0 bridgehead atoms. The zero-order valence-electron chi connectivity index (χ0n) is 13.5. The molecule has 3 aromatic rings. The first-order valence-corrected chi connectivity index (χ1v) is 10.4. The van der Waals surface area contributed by atoms with Gasteiger partial charge < -0.3 is 4.74 Å². The molecular formula is C17H19N3O3S2. The largest absolute Gasteiger partial charge is 0.492 e. The van der Waals surface area contributed by atoms with Gasteiger partial charge in [-0.3, -0.25) is 4.68 Å². The van der Waals surface area contributed by atoms with Gasteiger partial charge in [0.1, 0.15) is 12.4 Å². The Balaban J connectivity index is 1.41. The van der Waals surface area contributed by atoms with Gasteiger partial charge in [-0.05, 0) is 29.6 Å². The van der Waals surface area contributed by atoms with E-state index in [9.17, 15) is 8.42 Å². The summed E-state index contributed by atoms with van der Waals surface area (Å²) in [6, 6.07) is 13.1. The van der Waals surface area contributed by atoms with Crippen molar-refractivity contribution < 1.29 is 13.2 Å². The van der Waals surface area contributed by atoms with Crippen molar-refractivity contribution in [3.8, 4) is 17.0 Å². The quantitative estimate of drug-likeness (QED) is 0.622. The Morgan fingerprint density at radius 3 is 2.76 bits per heavy atom. The molecule has 25 heavy (non-hydrogen) atoms. The average molecular weight is 377 g/mol. The number of ether oxygens (including phenoxy) is 1. The maximum Gasteiger partial charge on any atom is 0.215 e. The van der Waals surface area contributed by atoms with Crippen molar-refractivity contribution in [1.29, 1.82) is 0 Å². The minimum atomic E-state index is -3.37. The molecule has 6 nitrogen and oxygen atoms in total. The number of aromatic nitrogens is 2. The molecule has 2 aromatic heterocycles. The smallest absolute Gasteiger partial charge is 0.215 e. The number of para-hydroxylation sites is 1. The van der Waals surface area contributed by atoms with Crippen LogP contribution in [0.15, 0.2) is 59.4 Å². The summed E-state index contributed by atoms with van der Waals surface area (Å²) >= 11 is 1.62. The summed E-state index contributed by atoms with van der Waals surface area (Å²) in [7, 11) is -3.37. The third-order valence-electron chi connectivity index (χ3n) is 3.48. The summed E-state index contributed by atoms with van der Waals surface area (Å²) < 4.78 is 33.7. The number of benzene rings is 1. The van der Waals surface area contributed by atoms with Gasteiger partial charge in [-0.15, -0.1) is 0 Å². The van der Waals surface area contributed by atoms with Crippen molar-refractivity contribution >= 4 is 21.4 Å². The standard InChI is InChI=1S/C17H19N3O3S2/c21-25(22,13-11-23-16-4-2-1-3-5-16)18-8-10-20-9-6-17(19-20)15-7-12-24-14-15/h1-7,9,12,14,18H,8,10-11,13H2. The van der Waals surface area contributed by atoms with Crippen LogP contribution in [0.1, 0.15) is 0 Å². The number of rotatable bonds is 9. The number of sulfonamides is 1. The lowest BCUT2D eigenvalue weighted by atomic mass is 10.2. The molecule has 8 heteroatoms. The fourth-order valence-electron chi connectivity index (χ4n) is 2.22. The summed E-state index contributed by atoms with van der Waals surface area (Å²) in [5.74, 6) is 0.580. The second-order valence-electron chi connectivity index (χ2n) is 5.35. The van der Waals surface area contributed by atoms with Crippen LogP contribution in [0.4, 0.5) is 0 Å². The fourth-order valence-corrected chi connectivity index (χ4v) is 3.72. The Morgan fingerprint density at radius 1 is 1.16 bits per heavy atom. The first-order valence-electron chi connectivity index (χ1n) is 7.84. The maximum absolute atomic E-state index is 12.0. The molecule has 2 heterocycles. The summed E-state index contributed by atoms with van der Waals surface area (Å²) in [6.07, 6.45) is 1.85. The van der Waals surface area contributed by atoms with E-state index in [4.69, 9.17) is 4.74 Å². The van der Waals surface area contributed by atoms with Crippen molar-refractivity contribution in [2.24, 2.45) is 0 Å². The zero-order valence-corrected chi connectivity index (χ0v) is 15.2. The van der Waals surface area contributed by atoms with Crippen LogP contribution in [-0.2, 0) is 16.6 Å². The molecule has 0 atom stereocenters. The topological polar surface area (TPSA) is 73.2 Å². The van der Waals surface area contributed by atoms with Crippen LogP contribution in [0, 0.1) is 0 Å². The lowest BCUT2D eigenvalue weighted by Crippen LogP contribution is -2.31. The molecule has 0 saturated carbocycles. The van der Waals surface area contributed by atoms with Gasteiger partial charge in [0.25, 0.3) is 0 Å². The van der Waals surface area contributed by atoms with Gasteiger partial charge in [0.15, 0.2) is 0 Å². The predicted octanol–water partition coefficient (Wildman–Crippen LogP) is 2.61. The van der Waals surface area contributed by atoms with Gasteiger partial charge in [0, 0.05) is 23.7 Å². The highest BCUT2D eigenvalue weighted by Gasteiger charge is 2.10. The van der Waals surface area contributed by atoms with Crippen LogP contribution >= 0.6 is 11.3 Å². The van der Waals surface area contributed by atoms with Gasteiger partial charge in [0.2, 0.25) is 10.0 Å². The molecule has 0 amide bonds. The Bertz CT molecular complexity index is 875. The molecule has 0 aliphatic carbocycles. The van der Waals surface area contributed by atoms with Crippen molar-refractivity contribution in [3.05, 3.63) is 59.4 Å². The Kier molecular flexibility index (Phi) is 5.85. The highest BCUT2D eigenvalue weighted by Crippen LogP contribution is 2.19. The third-order valence-corrected chi connectivity index (χ3v) is 5.52. The van der Waals surface area contributed by atoms with Crippen LogP contribution in [0.5, 0.6) is 5.75 Å². The first kappa shape index (κ1) is 17.7. The summed E-state index contributed by atoms with van der Waals surface area (Å²) in [4.78, 5) is 0. The SMILES string of the molecule is O=S(=O)(CCOc1ccccc1)NCCn1ccc(-c2ccsc2)n1. The van der Waals surface area contributed by atoms with E-state index in [1.54, 1.807) is 28.2 Å². The van der Waals surface area contributed by atoms with Crippen molar-refractivity contribution in [2.75, 3.05) is 18.9 Å². The minimum absolute atomic E-state index is 0.0822. The molecule has 1 N–H and O–H groups in total. The zero-order chi connectivity index (χ0) is 17.5. The second-order valence-corrected chi connectivity index (χ2v) is 8.06. The molecule has 0 aliphatic heterocycles. The fraction of sp³-hybridized carbons (Fsp3) is 0.235. The molecular weight excluding hydrogens is 358 g/mol. The van der Waals surface area contributed by atoms with Crippen molar-refractivity contribution in [1.82, 2.24) is 14.5 Å². The molecule has 0 saturated heterocycles. The predicted molar refractivity (Wildman–Crippen MR) is 99.3 cm³/mol. The minimum Gasteiger partial charge on any atom is -0.492 e. The van der Waals surface area contributed by atoms with Crippen molar-refractivity contribution in [2.45, 2.75) is 6.54 Å². The molecule has 1 aromatic carbocycles. The molecule has 132 valence electrons. The normalized spacial score (nSPS) is 11.5. The molecule has 3 rings (SSSR count). The Labute approximate surface area is 151 Å². The second kappa shape index (κ2) is 8.28. The summed E-state index contributed by atoms with van der Waals surface area (Å²) in [6.45, 7) is 0.880. The number of hydrogen-bond acceptors (Lipinski definition) is 5. The summed E-state index contributed by atoms with van der Waals surface area (Å²) in [5, 5.41) is 8.47. The van der Waals surface area contributed by atoms with E-state index >= 15 is 0 Å². The first-order chi connectivity index (χ1) is 12.1. The lowest BCUT2D eigenvalue weighted by Gasteiger charge is -2.08. The highest BCUT2D eigenvalue weighted by molar-refractivity contribution is 7.89. The number of thiophene rings is 1. The third kappa shape index (κ3) is 5.42. The van der Waals surface area contributed by atoms with Gasteiger partial charge in [-0.2, -0.15) is 16.4 Å². The van der Waals surface area contributed by atoms with Crippen molar-refractivity contribution in [3.63, 3.8) is 0 Å². The maximum atomic E-state index is 12.0. The Hall–Kier alpha value is -2.16. The number of nitrogens with one attached hydrogen (secondary N) is 1. The van der Waals surface area contributed by atoms with Gasteiger partial charge in [0.05, 0.1) is 18.0 Å². The van der Waals surface area contributed by atoms with Crippen LogP contribution in [0.25, 0.3) is 11.3 Å². The van der Waals surface area contributed by atoms with E-state index in [-0.39, 0.29) is 12.4 Å². The Morgan fingerprint density at radius 2 is 2.00 bits per heavy atom. The van der Waals surface area contributed by atoms with E-state index in [0.29, 0.717) is 18.8 Å². The van der Waals surface area contributed by atoms with Crippen LogP contribution in [0.2, 0.25) is 0 Å². The lowest BCUT2D eigenvalue weighted by molar-refractivity contribution is 0.340. The molecule has 0 spiro atoms. The van der Waals surface area contributed by atoms with E-state index in [2.05, 4.69) is 9.82 Å². The van der Waals surface area contributed by atoms with E-state index in [1.165, 1.54) is 0 Å². The van der Waals surface area contributed by atoms with Gasteiger partial charge in [-0.1, -0.05) is 18.2 Å². The van der Waals surface area contributed by atoms with Crippen LogP contribution < -0.4 is 9.46 Å². The van der Waals surface area contributed by atoms with E-state index < -0.39 is 10.0 Å². The number of hydrogen-bond donors (Lipinski definition) is 1.